The molecule has 1 amide bonds. The Balaban J connectivity index is 1.57. The van der Waals surface area contributed by atoms with Gasteiger partial charge in [-0.1, -0.05) is 6.08 Å². The Bertz CT molecular complexity index is 1020. The number of aryl methyl sites for hydroxylation is 2. The average molecular weight is 403 g/mol. The number of nitrogens with one attached hydrogen (secondary N) is 4. The second-order valence-corrected chi connectivity index (χ2v) is 6.98. The smallest absolute Gasteiger partial charge is 0.254 e. The predicted octanol–water partition coefficient (Wildman–Crippen LogP) is 3.32. The lowest BCUT2D eigenvalue weighted by Crippen LogP contribution is -2.26. The molecule has 4 N–H and O–H groups in total. The summed E-state index contributed by atoms with van der Waals surface area (Å²) in [7, 11) is 0. The van der Waals surface area contributed by atoms with Gasteiger partial charge in [0.1, 0.15) is 5.82 Å². The molecule has 3 rings (SSSR count). The zero-order chi connectivity index (χ0) is 21.5. The van der Waals surface area contributed by atoms with Crippen LogP contribution in [0, 0.1) is 19.3 Å². The fourth-order valence-electron chi connectivity index (χ4n) is 3.04. The molecule has 0 bridgehead atoms. The highest BCUT2D eigenvalue weighted by molar-refractivity contribution is 5.97. The number of carbonyl (C=O) groups is 1. The minimum Gasteiger partial charge on any atom is -0.361 e. The van der Waals surface area contributed by atoms with Crippen LogP contribution in [-0.2, 0) is 0 Å². The highest BCUT2D eigenvalue weighted by Gasteiger charge is 2.11. The van der Waals surface area contributed by atoms with Crippen LogP contribution in [0.15, 0.2) is 60.2 Å². The van der Waals surface area contributed by atoms with Crippen LogP contribution in [0.4, 0.5) is 11.8 Å². The first-order chi connectivity index (χ1) is 14.4. The number of anilines is 2. The normalized spacial score (nSPS) is 14.1. The first-order valence-electron chi connectivity index (χ1n) is 9.63. The topological polar surface area (TPSA) is 116 Å². The largest absolute Gasteiger partial charge is 0.361 e. The number of hydrogen-bond acceptors (Lipinski definition) is 7. The number of aromatic nitrogens is 3. The van der Waals surface area contributed by atoms with Crippen LogP contribution in [-0.4, -0.2) is 33.1 Å². The fraction of sp³-hybridized carbons (Fsp3) is 0.227. The lowest BCUT2D eigenvalue weighted by atomic mass is 10.0. The molecule has 1 aliphatic rings. The molecule has 30 heavy (non-hydrogen) atoms. The maximum Gasteiger partial charge on any atom is 0.254 e. The zero-order valence-corrected chi connectivity index (χ0v) is 17.3. The van der Waals surface area contributed by atoms with Crippen molar-refractivity contribution in [3.8, 4) is 0 Å². The molecule has 154 valence electrons. The minimum atomic E-state index is -0.259. The van der Waals surface area contributed by atoms with Crippen molar-refractivity contribution in [2.45, 2.75) is 27.2 Å². The monoisotopic (exact) mass is 403 g/mol. The second-order valence-electron chi connectivity index (χ2n) is 6.98. The van der Waals surface area contributed by atoms with E-state index in [4.69, 9.17) is 5.41 Å². The summed E-state index contributed by atoms with van der Waals surface area (Å²) in [5, 5.41) is 17.0. The quantitative estimate of drug-likeness (QED) is 0.527. The van der Waals surface area contributed by atoms with Crippen molar-refractivity contribution in [1.29, 1.82) is 5.41 Å². The maximum atomic E-state index is 12.4. The van der Waals surface area contributed by atoms with Gasteiger partial charge in [-0.2, -0.15) is 0 Å². The van der Waals surface area contributed by atoms with Crippen LogP contribution >= 0.6 is 0 Å². The van der Waals surface area contributed by atoms with Crippen LogP contribution in [0.5, 0.6) is 0 Å². The molecule has 0 aromatic carbocycles. The minimum absolute atomic E-state index is 0.259. The summed E-state index contributed by atoms with van der Waals surface area (Å²) >= 11 is 0. The highest BCUT2D eigenvalue weighted by Crippen LogP contribution is 2.14. The van der Waals surface area contributed by atoms with E-state index in [0.717, 1.165) is 22.5 Å². The third kappa shape index (κ3) is 5.60. The summed E-state index contributed by atoms with van der Waals surface area (Å²) in [4.78, 5) is 25.2. The fourth-order valence-corrected chi connectivity index (χ4v) is 3.04. The molecular weight excluding hydrogens is 378 g/mol. The van der Waals surface area contributed by atoms with Gasteiger partial charge >= 0.3 is 0 Å². The first-order valence-corrected chi connectivity index (χ1v) is 9.63. The third-order valence-electron chi connectivity index (χ3n) is 4.40. The first kappa shape index (κ1) is 20.9. The number of nitrogens with zero attached hydrogens (tertiary/aromatic N) is 3. The Morgan fingerprint density at radius 3 is 2.57 bits per heavy atom. The van der Waals surface area contributed by atoms with E-state index in [0.29, 0.717) is 36.0 Å². The molecule has 1 aliphatic heterocycles. The van der Waals surface area contributed by atoms with E-state index in [9.17, 15) is 4.79 Å². The zero-order valence-electron chi connectivity index (χ0n) is 17.3. The summed E-state index contributed by atoms with van der Waals surface area (Å²) in [6, 6.07) is 3.89. The standard InChI is InChI=1S/C22H25N7O/c1-14-10-15(2)28-20(11-14)29-22-26-12-17(13-27-22)21(30)25-9-7-18(16(3)23)19-6-4-5-8-24-19/h4-6,8,10-13,23-24H,7,9H2,1-3H3,(H,25,30)(H,26,27,28,29)/b19-18-,23-16?. The summed E-state index contributed by atoms with van der Waals surface area (Å²) in [6.07, 6.45) is 11.0. The van der Waals surface area contributed by atoms with Gasteiger partial charge in [0.2, 0.25) is 5.95 Å². The molecule has 0 saturated carbocycles. The molecule has 2 aromatic heterocycles. The van der Waals surface area contributed by atoms with Crippen LogP contribution < -0.4 is 16.0 Å². The molecule has 0 saturated heterocycles. The molecule has 0 atom stereocenters. The van der Waals surface area contributed by atoms with Crippen molar-refractivity contribution in [3.63, 3.8) is 0 Å². The molecular formula is C22H25N7O. The van der Waals surface area contributed by atoms with Crippen LogP contribution in [0.3, 0.4) is 0 Å². The van der Waals surface area contributed by atoms with Gasteiger partial charge in [0.05, 0.1) is 5.56 Å². The number of carbonyl (C=O) groups excluding carboxylic acids is 1. The molecule has 8 nitrogen and oxygen atoms in total. The summed E-state index contributed by atoms with van der Waals surface area (Å²) in [5.74, 6) is 0.774. The van der Waals surface area contributed by atoms with Crippen LogP contribution in [0.1, 0.15) is 35.0 Å². The van der Waals surface area contributed by atoms with Crippen LogP contribution in [0.2, 0.25) is 0 Å². The van der Waals surface area contributed by atoms with Crippen LogP contribution in [0.25, 0.3) is 0 Å². The summed E-state index contributed by atoms with van der Waals surface area (Å²) < 4.78 is 0. The third-order valence-corrected chi connectivity index (χ3v) is 4.40. The Morgan fingerprint density at radius 2 is 1.93 bits per heavy atom. The molecule has 0 aliphatic carbocycles. The van der Waals surface area contributed by atoms with Crippen molar-refractivity contribution in [2.75, 3.05) is 11.9 Å². The number of rotatable bonds is 7. The number of allylic oxidation sites excluding steroid dienone is 3. The van der Waals surface area contributed by atoms with Gasteiger partial charge < -0.3 is 21.4 Å². The van der Waals surface area contributed by atoms with E-state index < -0.39 is 0 Å². The summed E-state index contributed by atoms with van der Waals surface area (Å²) in [5.41, 5.74) is 4.55. The summed E-state index contributed by atoms with van der Waals surface area (Å²) in [6.45, 7) is 6.06. The number of amides is 1. The van der Waals surface area contributed by atoms with Gasteiger partial charge in [-0.25, -0.2) is 15.0 Å². The van der Waals surface area contributed by atoms with Crippen molar-refractivity contribution in [2.24, 2.45) is 0 Å². The molecule has 0 unspecified atom stereocenters. The molecule has 0 spiro atoms. The van der Waals surface area contributed by atoms with Gasteiger partial charge in [-0.15, -0.1) is 0 Å². The van der Waals surface area contributed by atoms with Gasteiger partial charge in [-0.05, 0) is 62.6 Å². The van der Waals surface area contributed by atoms with Gasteiger partial charge in [-0.3, -0.25) is 4.79 Å². The predicted molar refractivity (Wildman–Crippen MR) is 118 cm³/mol. The maximum absolute atomic E-state index is 12.4. The van der Waals surface area contributed by atoms with E-state index in [1.54, 1.807) is 6.92 Å². The van der Waals surface area contributed by atoms with Crippen molar-refractivity contribution in [3.05, 3.63) is 77.0 Å². The Morgan fingerprint density at radius 1 is 1.17 bits per heavy atom. The van der Waals surface area contributed by atoms with E-state index >= 15 is 0 Å². The number of pyridine rings is 1. The molecule has 8 heteroatoms. The SMILES string of the molecule is CC(=N)/C(CCNC(=O)c1cnc(Nc2cc(C)cc(C)n2)nc1)=C1/C=CC=CN1. The number of hydrogen-bond donors (Lipinski definition) is 4. The van der Waals surface area contributed by atoms with Crippen molar-refractivity contribution in [1.82, 2.24) is 25.6 Å². The van der Waals surface area contributed by atoms with E-state index in [2.05, 4.69) is 30.9 Å². The highest BCUT2D eigenvalue weighted by atomic mass is 16.1. The van der Waals surface area contributed by atoms with E-state index in [1.165, 1.54) is 12.4 Å². The van der Waals surface area contributed by atoms with Gasteiger partial charge in [0, 0.05) is 42.2 Å². The average Bonchev–Trinajstić information content (AvgIpc) is 2.71. The van der Waals surface area contributed by atoms with E-state index in [1.807, 2.05) is 50.4 Å². The lowest BCUT2D eigenvalue weighted by molar-refractivity contribution is 0.0953. The van der Waals surface area contributed by atoms with Crippen molar-refractivity contribution < 1.29 is 4.79 Å². The lowest BCUT2D eigenvalue weighted by Gasteiger charge is -2.14. The van der Waals surface area contributed by atoms with E-state index in [-0.39, 0.29) is 5.91 Å². The molecule has 2 aromatic rings. The number of dihydropyridines is 1. The van der Waals surface area contributed by atoms with Gasteiger partial charge in [0.15, 0.2) is 0 Å². The molecule has 3 heterocycles. The Labute approximate surface area is 175 Å². The van der Waals surface area contributed by atoms with Crippen molar-refractivity contribution >= 4 is 23.4 Å². The Kier molecular flexibility index (Phi) is 6.69. The molecule has 0 fully saturated rings. The Hall–Kier alpha value is -3.81. The molecule has 0 radical (unpaired) electrons. The van der Waals surface area contributed by atoms with Gasteiger partial charge in [0.25, 0.3) is 5.91 Å². The second kappa shape index (κ2) is 9.60.